The number of Topliss-reactive ketones (excluding diaryl/α,β-unsaturated/α-hetero) is 1. The van der Waals surface area contributed by atoms with Gasteiger partial charge < -0.3 is 5.11 Å². The number of nitrogens with zero attached hydrogens (tertiary/aromatic N) is 2. The number of carbonyl (C=O) groups excluding carboxylic acids is 2. The van der Waals surface area contributed by atoms with E-state index in [-0.39, 0.29) is 18.1 Å². The average molecular weight is 302 g/mol. The molecule has 0 saturated carbocycles. The van der Waals surface area contributed by atoms with Gasteiger partial charge in [-0.15, -0.1) is 0 Å². The van der Waals surface area contributed by atoms with Gasteiger partial charge in [-0.2, -0.15) is 0 Å². The summed E-state index contributed by atoms with van der Waals surface area (Å²) in [5, 5.41) is 10.9. The maximum absolute atomic E-state index is 12.8. The number of anilines is 1. The molecule has 1 aromatic carbocycles. The lowest BCUT2D eigenvalue weighted by molar-refractivity contribution is -0.141. The van der Waals surface area contributed by atoms with E-state index in [1.165, 1.54) is 13.3 Å². The zero-order valence-corrected chi connectivity index (χ0v) is 12.9. The van der Waals surface area contributed by atoms with E-state index in [9.17, 15) is 14.7 Å². The molecule has 1 saturated heterocycles. The number of carbonyl (C=O) groups is 2. The van der Waals surface area contributed by atoms with Crippen molar-refractivity contribution < 1.29 is 14.7 Å². The number of likely N-dealkylation sites (tertiary alicyclic amines) is 1. The fourth-order valence-corrected chi connectivity index (χ4v) is 3.48. The Morgan fingerprint density at radius 1 is 1.23 bits per heavy atom. The van der Waals surface area contributed by atoms with Crippen molar-refractivity contribution in [1.29, 1.82) is 0 Å². The van der Waals surface area contributed by atoms with E-state index in [4.69, 9.17) is 0 Å². The molecular formula is C17H22N2O3. The minimum absolute atomic E-state index is 0.167. The first-order valence-corrected chi connectivity index (χ1v) is 7.88. The van der Waals surface area contributed by atoms with Crippen LogP contribution in [0.1, 0.15) is 38.2 Å². The molecule has 2 heterocycles. The Hall–Kier alpha value is -1.72. The van der Waals surface area contributed by atoms with Crippen molar-refractivity contribution in [2.75, 3.05) is 24.7 Å². The number of amides is 1. The second kappa shape index (κ2) is 5.82. The summed E-state index contributed by atoms with van der Waals surface area (Å²) in [6.45, 7) is 3.82. The summed E-state index contributed by atoms with van der Waals surface area (Å²) in [6, 6.07) is 7.23. The quantitative estimate of drug-likeness (QED) is 0.918. The van der Waals surface area contributed by atoms with Crippen molar-refractivity contribution in [3.05, 3.63) is 29.8 Å². The predicted molar refractivity (Wildman–Crippen MR) is 83.4 cm³/mol. The highest BCUT2D eigenvalue weighted by atomic mass is 16.3. The Labute approximate surface area is 130 Å². The van der Waals surface area contributed by atoms with Crippen molar-refractivity contribution in [3.8, 4) is 0 Å². The van der Waals surface area contributed by atoms with E-state index in [2.05, 4.69) is 4.90 Å². The first kappa shape index (κ1) is 15.2. The molecule has 3 rings (SSSR count). The average Bonchev–Trinajstić information content (AvgIpc) is 2.70. The summed E-state index contributed by atoms with van der Waals surface area (Å²) in [5.41, 5.74) is -0.438. The third-order valence-corrected chi connectivity index (χ3v) is 4.53. The molecule has 2 aliphatic heterocycles. The van der Waals surface area contributed by atoms with Crippen LogP contribution in [0.2, 0.25) is 0 Å². The van der Waals surface area contributed by atoms with Gasteiger partial charge in [0.1, 0.15) is 5.78 Å². The topological polar surface area (TPSA) is 60.9 Å². The molecule has 2 aliphatic rings. The minimum atomic E-state index is -1.71. The highest BCUT2D eigenvalue weighted by molar-refractivity contribution is 6.08. The fourth-order valence-electron chi connectivity index (χ4n) is 3.48. The minimum Gasteiger partial charge on any atom is -0.375 e. The Bertz CT molecular complexity index is 595. The molecule has 0 unspecified atom stereocenters. The summed E-state index contributed by atoms with van der Waals surface area (Å²) in [5.74, 6) is -0.569. The van der Waals surface area contributed by atoms with Crippen LogP contribution in [-0.4, -0.2) is 41.5 Å². The smallest absolute Gasteiger partial charge is 0.265 e. The van der Waals surface area contributed by atoms with Gasteiger partial charge in [-0.05, 0) is 38.9 Å². The molecule has 0 spiro atoms. The SMILES string of the molecule is CC(=O)C[C@@]1(O)C(=O)N(CN2CCCCC2)c2ccccc21. The first-order chi connectivity index (χ1) is 10.5. The number of hydrogen-bond acceptors (Lipinski definition) is 4. The van der Waals surface area contributed by atoms with Crippen LogP contribution in [0.4, 0.5) is 5.69 Å². The predicted octanol–water partition coefficient (Wildman–Crippen LogP) is 1.64. The van der Waals surface area contributed by atoms with Crippen LogP contribution in [0.3, 0.4) is 0 Å². The number of para-hydroxylation sites is 1. The number of fused-ring (bicyclic) bond motifs is 1. The molecule has 22 heavy (non-hydrogen) atoms. The van der Waals surface area contributed by atoms with E-state index < -0.39 is 5.60 Å². The summed E-state index contributed by atoms with van der Waals surface area (Å²) in [7, 11) is 0. The molecule has 0 radical (unpaired) electrons. The number of benzene rings is 1. The Balaban J connectivity index is 1.91. The number of ketones is 1. The van der Waals surface area contributed by atoms with E-state index in [0.717, 1.165) is 31.6 Å². The van der Waals surface area contributed by atoms with Gasteiger partial charge in [-0.25, -0.2) is 0 Å². The monoisotopic (exact) mass is 302 g/mol. The molecule has 5 heteroatoms. The zero-order valence-electron chi connectivity index (χ0n) is 12.9. The maximum Gasteiger partial charge on any atom is 0.265 e. The van der Waals surface area contributed by atoms with Crippen LogP contribution in [0, 0.1) is 0 Å². The highest BCUT2D eigenvalue weighted by Gasteiger charge is 2.50. The third kappa shape index (κ3) is 2.55. The molecule has 1 amide bonds. The molecule has 118 valence electrons. The molecule has 1 aromatic rings. The van der Waals surface area contributed by atoms with Crippen LogP contribution in [0.5, 0.6) is 0 Å². The lowest BCUT2D eigenvalue weighted by Gasteiger charge is -2.31. The normalized spacial score (nSPS) is 25.4. The lowest BCUT2D eigenvalue weighted by Crippen LogP contribution is -2.47. The van der Waals surface area contributed by atoms with Crippen molar-refractivity contribution in [2.24, 2.45) is 0 Å². The summed E-state index contributed by atoms with van der Waals surface area (Å²) in [6.07, 6.45) is 3.34. The second-order valence-corrected chi connectivity index (χ2v) is 6.31. The molecule has 1 atom stereocenters. The van der Waals surface area contributed by atoms with E-state index in [0.29, 0.717) is 12.2 Å². The van der Waals surface area contributed by atoms with Crippen LogP contribution in [0.15, 0.2) is 24.3 Å². The van der Waals surface area contributed by atoms with E-state index >= 15 is 0 Å². The molecule has 0 aromatic heterocycles. The van der Waals surface area contributed by atoms with Crippen LogP contribution in [-0.2, 0) is 15.2 Å². The maximum atomic E-state index is 12.8. The Kier molecular flexibility index (Phi) is 4.02. The van der Waals surface area contributed by atoms with Crippen LogP contribution in [0.25, 0.3) is 0 Å². The number of hydrogen-bond donors (Lipinski definition) is 1. The second-order valence-electron chi connectivity index (χ2n) is 6.31. The van der Waals surface area contributed by atoms with Gasteiger partial charge in [0.05, 0.1) is 12.4 Å². The fraction of sp³-hybridized carbons (Fsp3) is 0.529. The summed E-state index contributed by atoms with van der Waals surface area (Å²) >= 11 is 0. The van der Waals surface area contributed by atoms with Crippen molar-refractivity contribution in [3.63, 3.8) is 0 Å². The zero-order chi connectivity index (χ0) is 15.7. The van der Waals surface area contributed by atoms with Gasteiger partial charge in [0, 0.05) is 12.0 Å². The molecular weight excluding hydrogens is 280 g/mol. The van der Waals surface area contributed by atoms with Crippen LogP contribution >= 0.6 is 0 Å². The summed E-state index contributed by atoms with van der Waals surface area (Å²) in [4.78, 5) is 28.2. The number of aliphatic hydroxyl groups is 1. The van der Waals surface area contributed by atoms with E-state index in [1.54, 1.807) is 17.0 Å². The number of piperidine rings is 1. The van der Waals surface area contributed by atoms with Gasteiger partial charge in [-0.3, -0.25) is 19.4 Å². The largest absolute Gasteiger partial charge is 0.375 e. The van der Waals surface area contributed by atoms with Gasteiger partial charge >= 0.3 is 0 Å². The molecule has 0 bridgehead atoms. The molecule has 1 fully saturated rings. The molecule has 1 N–H and O–H groups in total. The van der Waals surface area contributed by atoms with Crippen molar-refractivity contribution >= 4 is 17.4 Å². The molecule has 0 aliphatic carbocycles. The van der Waals surface area contributed by atoms with Crippen molar-refractivity contribution in [2.45, 2.75) is 38.2 Å². The van der Waals surface area contributed by atoms with Gasteiger partial charge in [0.15, 0.2) is 5.60 Å². The highest BCUT2D eigenvalue weighted by Crippen LogP contribution is 2.42. The first-order valence-electron chi connectivity index (χ1n) is 7.88. The standard InChI is InChI=1S/C17H22N2O3/c1-13(20)11-17(22)14-7-3-4-8-15(14)19(16(17)21)12-18-9-5-2-6-10-18/h3-4,7-8,22H,2,5-6,9-12H2,1H3/t17-/m0/s1. The molecule has 5 nitrogen and oxygen atoms in total. The number of rotatable bonds is 4. The summed E-state index contributed by atoms with van der Waals surface area (Å²) < 4.78 is 0. The lowest BCUT2D eigenvalue weighted by atomic mass is 9.90. The van der Waals surface area contributed by atoms with Gasteiger partial charge in [0.25, 0.3) is 5.91 Å². The Morgan fingerprint density at radius 2 is 1.91 bits per heavy atom. The Morgan fingerprint density at radius 3 is 2.59 bits per heavy atom. The van der Waals surface area contributed by atoms with Crippen LogP contribution < -0.4 is 4.90 Å². The van der Waals surface area contributed by atoms with Gasteiger partial charge in [-0.1, -0.05) is 24.6 Å². The van der Waals surface area contributed by atoms with Crippen molar-refractivity contribution in [1.82, 2.24) is 4.90 Å². The third-order valence-electron chi connectivity index (χ3n) is 4.53. The van der Waals surface area contributed by atoms with E-state index in [1.807, 2.05) is 12.1 Å². The van der Waals surface area contributed by atoms with Gasteiger partial charge in [0.2, 0.25) is 0 Å².